The first-order valence-electron chi connectivity index (χ1n) is 7.02. The normalized spacial score (nSPS) is 15.3. The van der Waals surface area contributed by atoms with Crippen molar-refractivity contribution in [3.8, 4) is 0 Å². The number of halogens is 2. The summed E-state index contributed by atoms with van der Waals surface area (Å²) in [7, 11) is 0. The summed E-state index contributed by atoms with van der Waals surface area (Å²) >= 11 is 11.9. The molecule has 0 aliphatic carbocycles. The van der Waals surface area contributed by atoms with Gasteiger partial charge >= 0.3 is 0 Å². The molecule has 110 valence electrons. The first kappa shape index (κ1) is 14.5. The largest absolute Gasteiger partial charge is 0.368 e. The zero-order chi connectivity index (χ0) is 14.7. The third kappa shape index (κ3) is 3.25. The highest BCUT2D eigenvalue weighted by molar-refractivity contribution is 6.30. The van der Waals surface area contributed by atoms with Crippen LogP contribution in [-0.4, -0.2) is 31.2 Å². The first-order valence-corrected chi connectivity index (χ1v) is 7.93. The zero-order valence-corrected chi connectivity index (χ0v) is 13.2. The van der Waals surface area contributed by atoms with Crippen LogP contribution in [0.4, 0.5) is 11.4 Å². The Bertz CT molecular complexity index is 593. The monoisotopic (exact) mass is 321 g/mol. The van der Waals surface area contributed by atoms with Gasteiger partial charge in [0.2, 0.25) is 0 Å². The SMILES string of the molecule is ClCc1cnccc1N1CCN(c2ccc(Cl)cc2)CC1. The van der Waals surface area contributed by atoms with Crippen molar-refractivity contribution in [3.63, 3.8) is 0 Å². The predicted octanol–water partition coefficient (Wildman–Crippen LogP) is 3.80. The molecular weight excluding hydrogens is 305 g/mol. The molecule has 2 heterocycles. The van der Waals surface area contributed by atoms with Crippen LogP contribution in [0.5, 0.6) is 0 Å². The van der Waals surface area contributed by atoms with Crippen molar-refractivity contribution in [1.29, 1.82) is 0 Å². The number of nitrogens with zero attached hydrogens (tertiary/aromatic N) is 3. The Balaban J connectivity index is 1.69. The van der Waals surface area contributed by atoms with Gasteiger partial charge in [-0.3, -0.25) is 4.98 Å². The molecule has 1 saturated heterocycles. The molecule has 5 heteroatoms. The molecule has 0 amide bonds. The predicted molar refractivity (Wildman–Crippen MR) is 89.7 cm³/mol. The molecule has 0 radical (unpaired) electrons. The summed E-state index contributed by atoms with van der Waals surface area (Å²) in [6.07, 6.45) is 3.69. The molecule has 0 bridgehead atoms. The van der Waals surface area contributed by atoms with Gasteiger partial charge in [-0.25, -0.2) is 0 Å². The maximum atomic E-state index is 6.00. The van der Waals surface area contributed by atoms with Gasteiger partial charge in [0.25, 0.3) is 0 Å². The van der Waals surface area contributed by atoms with Crippen LogP contribution >= 0.6 is 23.2 Å². The topological polar surface area (TPSA) is 19.4 Å². The van der Waals surface area contributed by atoms with E-state index in [9.17, 15) is 0 Å². The summed E-state index contributed by atoms with van der Waals surface area (Å²) in [5.41, 5.74) is 3.53. The third-order valence-corrected chi connectivity index (χ3v) is 4.37. The molecule has 1 fully saturated rings. The maximum Gasteiger partial charge on any atom is 0.0509 e. The molecule has 0 unspecified atom stereocenters. The van der Waals surface area contributed by atoms with E-state index in [1.807, 2.05) is 24.5 Å². The fraction of sp³-hybridized carbons (Fsp3) is 0.312. The molecule has 0 saturated carbocycles. The van der Waals surface area contributed by atoms with E-state index in [0.29, 0.717) is 5.88 Å². The summed E-state index contributed by atoms with van der Waals surface area (Å²) in [6, 6.07) is 10.1. The van der Waals surface area contributed by atoms with Gasteiger partial charge in [-0.2, -0.15) is 0 Å². The summed E-state index contributed by atoms with van der Waals surface area (Å²) in [4.78, 5) is 8.91. The molecule has 1 aromatic heterocycles. The minimum Gasteiger partial charge on any atom is -0.368 e. The van der Waals surface area contributed by atoms with Crippen LogP contribution in [-0.2, 0) is 5.88 Å². The molecule has 1 aromatic carbocycles. The Morgan fingerprint density at radius 3 is 2.29 bits per heavy atom. The van der Waals surface area contributed by atoms with E-state index in [1.54, 1.807) is 0 Å². The van der Waals surface area contributed by atoms with Gasteiger partial charge < -0.3 is 9.80 Å². The highest BCUT2D eigenvalue weighted by Crippen LogP contribution is 2.25. The molecule has 1 aliphatic rings. The lowest BCUT2D eigenvalue weighted by molar-refractivity contribution is 0.652. The van der Waals surface area contributed by atoms with E-state index in [1.165, 1.54) is 11.4 Å². The lowest BCUT2D eigenvalue weighted by Crippen LogP contribution is -2.46. The Kier molecular flexibility index (Phi) is 4.51. The fourth-order valence-corrected chi connectivity index (χ4v) is 3.02. The number of rotatable bonds is 3. The first-order chi connectivity index (χ1) is 10.3. The van der Waals surface area contributed by atoms with Crippen LogP contribution in [0.15, 0.2) is 42.7 Å². The van der Waals surface area contributed by atoms with E-state index in [4.69, 9.17) is 23.2 Å². The summed E-state index contributed by atoms with van der Waals surface area (Å²) in [5.74, 6) is 0.501. The van der Waals surface area contributed by atoms with Crippen molar-refractivity contribution in [1.82, 2.24) is 4.98 Å². The van der Waals surface area contributed by atoms with Crippen molar-refractivity contribution in [2.45, 2.75) is 5.88 Å². The minimum absolute atomic E-state index is 0.501. The van der Waals surface area contributed by atoms with Gasteiger partial charge in [-0.1, -0.05) is 11.6 Å². The number of anilines is 2. The molecule has 0 atom stereocenters. The van der Waals surface area contributed by atoms with Crippen molar-refractivity contribution in [2.75, 3.05) is 36.0 Å². The average molecular weight is 322 g/mol. The van der Waals surface area contributed by atoms with Crippen LogP contribution in [0, 0.1) is 0 Å². The lowest BCUT2D eigenvalue weighted by atomic mass is 10.2. The van der Waals surface area contributed by atoms with Crippen molar-refractivity contribution < 1.29 is 0 Å². The molecule has 0 N–H and O–H groups in total. The highest BCUT2D eigenvalue weighted by atomic mass is 35.5. The van der Waals surface area contributed by atoms with E-state index in [2.05, 4.69) is 33.0 Å². The Hall–Kier alpha value is -1.45. The van der Waals surface area contributed by atoms with Crippen LogP contribution < -0.4 is 9.80 Å². The summed E-state index contributed by atoms with van der Waals surface area (Å²) in [6.45, 7) is 3.95. The quantitative estimate of drug-likeness (QED) is 0.801. The van der Waals surface area contributed by atoms with Gasteiger partial charge in [0.1, 0.15) is 0 Å². The molecule has 3 rings (SSSR count). The maximum absolute atomic E-state index is 6.00. The van der Waals surface area contributed by atoms with Gasteiger partial charge in [-0.05, 0) is 30.3 Å². The Morgan fingerprint density at radius 1 is 0.952 bits per heavy atom. The van der Waals surface area contributed by atoms with Crippen LogP contribution in [0.25, 0.3) is 0 Å². The summed E-state index contributed by atoms with van der Waals surface area (Å²) < 4.78 is 0. The second kappa shape index (κ2) is 6.54. The van der Waals surface area contributed by atoms with Gasteiger partial charge in [0, 0.05) is 60.5 Å². The number of benzene rings is 1. The van der Waals surface area contributed by atoms with Crippen molar-refractivity contribution in [2.24, 2.45) is 0 Å². The number of pyridine rings is 1. The van der Waals surface area contributed by atoms with Crippen molar-refractivity contribution in [3.05, 3.63) is 53.3 Å². The molecule has 0 spiro atoms. The Morgan fingerprint density at radius 2 is 1.62 bits per heavy atom. The second-order valence-electron chi connectivity index (χ2n) is 5.09. The number of alkyl halides is 1. The molecule has 2 aromatic rings. The molecule has 21 heavy (non-hydrogen) atoms. The molecular formula is C16H17Cl2N3. The second-order valence-corrected chi connectivity index (χ2v) is 5.79. The minimum atomic E-state index is 0.501. The smallest absolute Gasteiger partial charge is 0.0509 e. The lowest BCUT2D eigenvalue weighted by Gasteiger charge is -2.38. The van der Waals surface area contributed by atoms with Gasteiger partial charge in [-0.15, -0.1) is 11.6 Å². The van der Waals surface area contributed by atoms with Crippen LogP contribution in [0.2, 0.25) is 5.02 Å². The number of hydrogen-bond donors (Lipinski definition) is 0. The third-order valence-electron chi connectivity index (χ3n) is 3.83. The standard InChI is InChI=1S/C16H17Cl2N3/c17-11-13-12-19-6-5-16(13)21-9-7-20(8-10-21)15-3-1-14(18)2-4-15/h1-6,12H,7-11H2. The van der Waals surface area contributed by atoms with Gasteiger partial charge in [0.05, 0.1) is 5.88 Å². The van der Waals surface area contributed by atoms with E-state index >= 15 is 0 Å². The average Bonchev–Trinajstić information content (AvgIpc) is 2.56. The summed E-state index contributed by atoms with van der Waals surface area (Å²) in [5, 5.41) is 0.779. The van der Waals surface area contributed by atoms with Crippen LogP contribution in [0.1, 0.15) is 5.56 Å². The number of piperazine rings is 1. The number of aromatic nitrogens is 1. The molecule has 3 nitrogen and oxygen atoms in total. The van der Waals surface area contributed by atoms with Crippen LogP contribution in [0.3, 0.4) is 0 Å². The number of hydrogen-bond acceptors (Lipinski definition) is 3. The van der Waals surface area contributed by atoms with E-state index in [0.717, 1.165) is 36.8 Å². The van der Waals surface area contributed by atoms with Crippen molar-refractivity contribution >= 4 is 34.6 Å². The zero-order valence-electron chi connectivity index (χ0n) is 11.7. The fourth-order valence-electron chi connectivity index (χ4n) is 2.69. The van der Waals surface area contributed by atoms with E-state index in [-0.39, 0.29) is 0 Å². The van der Waals surface area contributed by atoms with E-state index < -0.39 is 0 Å². The highest BCUT2D eigenvalue weighted by Gasteiger charge is 2.19. The molecule has 1 aliphatic heterocycles. The van der Waals surface area contributed by atoms with Gasteiger partial charge in [0.15, 0.2) is 0 Å². The Labute approximate surface area is 135 Å².